The number of nitrogens with one attached hydrogen (secondary N) is 1. The van der Waals surface area contributed by atoms with Crippen LogP contribution < -0.4 is 5.32 Å². The Bertz CT molecular complexity index is 1050. The molecule has 2 N–H and O–H groups in total. The van der Waals surface area contributed by atoms with Crippen molar-refractivity contribution in [1.29, 1.82) is 0 Å². The second kappa shape index (κ2) is 10.3. The first-order chi connectivity index (χ1) is 14.3. The van der Waals surface area contributed by atoms with Gasteiger partial charge in [0.1, 0.15) is 12.4 Å². The first-order valence-corrected chi connectivity index (χ1v) is 11.0. The van der Waals surface area contributed by atoms with Crippen LogP contribution in [0, 0.1) is 3.57 Å². The lowest BCUT2D eigenvalue weighted by Crippen LogP contribution is -2.39. The van der Waals surface area contributed by atoms with Crippen LogP contribution in [0.5, 0.6) is 0 Å². The van der Waals surface area contributed by atoms with Gasteiger partial charge in [-0.1, -0.05) is 30.3 Å². The number of anilines is 1. The van der Waals surface area contributed by atoms with Gasteiger partial charge in [-0.15, -0.1) is 0 Å². The van der Waals surface area contributed by atoms with Crippen molar-refractivity contribution >= 4 is 50.5 Å². The molecule has 0 saturated heterocycles. The zero-order chi connectivity index (χ0) is 23.2. The molecule has 168 valence electrons. The fourth-order valence-corrected chi connectivity index (χ4v) is 3.49. The highest BCUT2D eigenvalue weighted by molar-refractivity contribution is 14.1. The summed E-state index contributed by atoms with van der Waals surface area (Å²) in [6, 6.07) is 12.3. The van der Waals surface area contributed by atoms with Gasteiger partial charge in [0, 0.05) is 3.57 Å². The number of alkyl halides is 3. The van der Waals surface area contributed by atoms with E-state index in [1.54, 1.807) is 52.9 Å². The van der Waals surface area contributed by atoms with Crippen molar-refractivity contribution in [3.8, 4) is 0 Å². The van der Waals surface area contributed by atoms with E-state index in [-0.39, 0.29) is 21.4 Å². The summed E-state index contributed by atoms with van der Waals surface area (Å²) in [5.41, 5.74) is 0.660. The van der Waals surface area contributed by atoms with Gasteiger partial charge in [-0.05, 0) is 46.4 Å². The van der Waals surface area contributed by atoms with Crippen LogP contribution in [0.2, 0.25) is 0 Å². The summed E-state index contributed by atoms with van der Waals surface area (Å²) in [4.78, 5) is 23.9. The Kier molecular flexibility index (Phi) is 8.25. The molecule has 2 aromatic rings. The van der Waals surface area contributed by atoms with Crippen molar-refractivity contribution < 1.29 is 45.2 Å². The number of hydrogen-bond acceptors (Lipinski definition) is 6. The molecule has 0 aromatic heterocycles. The summed E-state index contributed by atoms with van der Waals surface area (Å²) >= 11 is 1.73. The average molecular weight is 573 g/mol. The third-order valence-electron chi connectivity index (χ3n) is 3.63. The zero-order valence-electron chi connectivity index (χ0n) is 15.4. The lowest BCUT2D eigenvalue weighted by Gasteiger charge is -2.19. The van der Waals surface area contributed by atoms with E-state index in [4.69, 9.17) is 9.29 Å². The molecule has 0 spiro atoms. The second-order valence-electron chi connectivity index (χ2n) is 6.07. The van der Waals surface area contributed by atoms with Crippen LogP contribution in [-0.2, 0) is 26.2 Å². The Morgan fingerprint density at radius 3 is 2.32 bits per heavy atom. The number of carbonyl (C=O) groups is 2. The van der Waals surface area contributed by atoms with Crippen molar-refractivity contribution in [3.05, 3.63) is 63.2 Å². The monoisotopic (exact) mass is 573 g/mol. The summed E-state index contributed by atoms with van der Waals surface area (Å²) in [6.45, 7) is 0.0141. The predicted octanol–water partition coefficient (Wildman–Crippen LogP) is 4.02. The van der Waals surface area contributed by atoms with Crippen LogP contribution in [0.4, 0.5) is 23.7 Å². The van der Waals surface area contributed by atoms with Gasteiger partial charge in [0.05, 0.1) is 11.3 Å². The number of benzene rings is 2. The topological polar surface area (TPSA) is 119 Å². The fourth-order valence-electron chi connectivity index (χ4n) is 2.20. The molecule has 0 aliphatic heterocycles. The van der Waals surface area contributed by atoms with Crippen LogP contribution in [0.1, 0.15) is 15.9 Å². The third kappa shape index (κ3) is 8.34. The van der Waals surface area contributed by atoms with Crippen molar-refractivity contribution in [3.63, 3.8) is 0 Å². The maximum atomic E-state index is 12.9. The summed E-state index contributed by atoms with van der Waals surface area (Å²) in [7, 11) is -5.05. The molecule has 0 bridgehead atoms. The molecule has 1 amide bonds. The molecular formula is C18H15F3INO7S. The number of esters is 1. The lowest BCUT2D eigenvalue weighted by atomic mass is 10.2. The quantitative estimate of drug-likeness (QED) is 0.292. The van der Waals surface area contributed by atoms with E-state index in [1.165, 1.54) is 6.07 Å². The normalized spacial score (nSPS) is 12.7. The molecule has 1 unspecified atom stereocenters. The Morgan fingerprint density at radius 2 is 1.77 bits per heavy atom. The van der Waals surface area contributed by atoms with Crippen molar-refractivity contribution in [1.82, 2.24) is 0 Å². The van der Waals surface area contributed by atoms with Gasteiger partial charge in [0.15, 0.2) is 0 Å². The molecule has 13 heteroatoms. The van der Waals surface area contributed by atoms with Crippen LogP contribution in [-0.4, -0.2) is 43.1 Å². The Hall–Kier alpha value is -2.39. The van der Waals surface area contributed by atoms with E-state index < -0.39 is 40.2 Å². The van der Waals surface area contributed by atoms with E-state index >= 15 is 0 Å². The highest BCUT2D eigenvalue weighted by atomic mass is 127. The molecule has 1 atom stereocenters. The molecule has 0 radical (unpaired) electrons. The van der Waals surface area contributed by atoms with E-state index in [2.05, 4.69) is 10.1 Å². The highest BCUT2D eigenvalue weighted by Crippen LogP contribution is 2.26. The maximum Gasteiger partial charge on any atom is 0.426 e. The minimum absolute atomic E-state index is 0.0141. The fraction of sp³-hybridized carbons (Fsp3) is 0.222. The number of rotatable bonds is 7. The zero-order valence-corrected chi connectivity index (χ0v) is 18.4. The molecular weight excluding hydrogens is 558 g/mol. The van der Waals surface area contributed by atoms with Gasteiger partial charge in [-0.3, -0.25) is 9.87 Å². The van der Waals surface area contributed by atoms with Gasteiger partial charge in [0.2, 0.25) is 6.10 Å². The maximum absolute atomic E-state index is 12.9. The first-order valence-electron chi connectivity index (χ1n) is 8.35. The summed E-state index contributed by atoms with van der Waals surface area (Å²) in [6.07, 6.45) is -9.04. The Balaban J connectivity index is 2.03. The third-order valence-corrected chi connectivity index (χ3v) is 5.25. The van der Waals surface area contributed by atoms with Crippen LogP contribution in [0.25, 0.3) is 0 Å². The minimum atomic E-state index is -5.21. The number of hydrogen-bond donors (Lipinski definition) is 2. The lowest BCUT2D eigenvalue weighted by molar-refractivity contribution is -0.197. The van der Waals surface area contributed by atoms with E-state index in [9.17, 15) is 31.2 Å². The standard InChI is InChI=1S/C18H15F3INO7S/c19-18(20,21)15(10-31(26,27)28)30-16(24)12-6-7-14(13(22)8-12)23-17(25)29-9-11-4-2-1-3-5-11/h1-8,15H,9-10H2,(H,23,25)(H,26,27,28). The second-order valence-corrected chi connectivity index (χ2v) is 8.72. The van der Waals surface area contributed by atoms with Gasteiger partial charge in [0.25, 0.3) is 10.1 Å². The molecule has 2 rings (SSSR count). The largest absolute Gasteiger partial charge is 0.448 e. The summed E-state index contributed by atoms with van der Waals surface area (Å²) in [5, 5.41) is 2.43. The molecule has 8 nitrogen and oxygen atoms in total. The van der Waals surface area contributed by atoms with Crippen molar-refractivity contribution in [2.45, 2.75) is 18.9 Å². The van der Waals surface area contributed by atoms with Crippen LogP contribution in [0.3, 0.4) is 0 Å². The summed E-state index contributed by atoms with van der Waals surface area (Å²) in [5.74, 6) is -3.28. The van der Waals surface area contributed by atoms with E-state index in [0.717, 1.165) is 17.7 Å². The first kappa shape index (κ1) is 24.9. The molecule has 0 saturated carbocycles. The minimum Gasteiger partial charge on any atom is -0.448 e. The number of ether oxygens (including phenoxy) is 2. The highest BCUT2D eigenvalue weighted by Gasteiger charge is 2.45. The Labute approximate surface area is 188 Å². The molecule has 0 fully saturated rings. The van der Waals surface area contributed by atoms with Gasteiger partial charge in [-0.2, -0.15) is 21.6 Å². The predicted molar refractivity (Wildman–Crippen MR) is 111 cm³/mol. The van der Waals surface area contributed by atoms with E-state index in [0.29, 0.717) is 0 Å². The van der Waals surface area contributed by atoms with Crippen LogP contribution >= 0.6 is 22.6 Å². The van der Waals surface area contributed by atoms with Gasteiger partial charge in [-0.25, -0.2) is 9.59 Å². The average Bonchev–Trinajstić information content (AvgIpc) is 2.66. The van der Waals surface area contributed by atoms with Gasteiger partial charge < -0.3 is 9.47 Å². The van der Waals surface area contributed by atoms with Crippen molar-refractivity contribution in [2.75, 3.05) is 11.1 Å². The van der Waals surface area contributed by atoms with Crippen molar-refractivity contribution in [2.24, 2.45) is 0 Å². The van der Waals surface area contributed by atoms with Crippen LogP contribution in [0.15, 0.2) is 48.5 Å². The SMILES string of the molecule is O=C(Nc1ccc(C(=O)OC(CS(=O)(=O)O)C(F)(F)F)cc1I)OCc1ccccc1. The molecule has 0 aliphatic rings. The molecule has 0 heterocycles. The molecule has 31 heavy (non-hydrogen) atoms. The smallest absolute Gasteiger partial charge is 0.426 e. The Morgan fingerprint density at radius 1 is 1.13 bits per heavy atom. The number of halogens is 4. The summed E-state index contributed by atoms with van der Waals surface area (Å²) < 4.78 is 78.4. The molecule has 0 aliphatic carbocycles. The van der Waals surface area contributed by atoms with Gasteiger partial charge >= 0.3 is 18.2 Å². The van der Waals surface area contributed by atoms with E-state index in [1.807, 2.05) is 0 Å². The number of amides is 1. The number of carbonyl (C=O) groups excluding carboxylic acids is 2. The molecule has 2 aromatic carbocycles.